The smallest absolute Gasteiger partial charge is 0.416 e. The van der Waals surface area contributed by atoms with E-state index in [9.17, 15) is 21.9 Å². The zero-order valence-electron chi connectivity index (χ0n) is 21.6. The molecule has 0 spiro atoms. The predicted molar refractivity (Wildman–Crippen MR) is 142 cm³/mol. The number of anilines is 1. The van der Waals surface area contributed by atoms with Crippen LogP contribution in [0.5, 0.6) is 11.5 Å². The van der Waals surface area contributed by atoms with Crippen molar-refractivity contribution in [3.63, 3.8) is 0 Å². The first-order chi connectivity index (χ1) is 18.0. The molecule has 1 fully saturated rings. The maximum atomic E-state index is 13.1. The molecule has 6 nitrogen and oxygen atoms in total. The van der Waals surface area contributed by atoms with Gasteiger partial charge in [0.2, 0.25) is 0 Å². The Morgan fingerprint density at radius 3 is 2.68 bits per heavy atom. The van der Waals surface area contributed by atoms with Gasteiger partial charge in [-0.15, -0.1) is 0 Å². The normalized spacial score (nSPS) is 19.9. The highest BCUT2D eigenvalue weighted by atomic mass is 32.2. The minimum atomic E-state index is -4.34. The van der Waals surface area contributed by atoms with E-state index in [0.29, 0.717) is 48.7 Å². The van der Waals surface area contributed by atoms with Gasteiger partial charge in [0.05, 0.1) is 17.9 Å². The summed E-state index contributed by atoms with van der Waals surface area (Å²) < 4.78 is 75.0. The van der Waals surface area contributed by atoms with Crippen molar-refractivity contribution in [2.45, 2.75) is 63.8 Å². The number of fused-ring (bicyclic) bond motifs is 1. The van der Waals surface area contributed by atoms with Crippen LogP contribution < -0.4 is 13.8 Å². The Hall–Kier alpha value is -2.56. The van der Waals surface area contributed by atoms with Crippen LogP contribution >= 0.6 is 0 Å². The van der Waals surface area contributed by atoms with E-state index in [1.54, 1.807) is 16.4 Å². The highest BCUT2D eigenvalue weighted by Gasteiger charge is 2.37. The molecular weight excluding hydrogens is 517 g/mol. The molecule has 1 N–H and O–H groups in total. The standard InChI is InChI=1S/C28H33F3N2O4S/c1-27(2)18-21-16-24(33(38(34)35)23-7-8-23)17-25(26(21)37-27)36-14-4-11-32-12-9-19(10-13-32)20-5-3-6-22(15-20)28(29,30)31/h3,5-6,9,15-17,23H,4,7-8,10-14,18H2,1-2H3,(H,34,35). The van der Waals surface area contributed by atoms with E-state index in [1.807, 2.05) is 26.0 Å². The molecule has 0 amide bonds. The Bertz CT molecular complexity index is 1240. The van der Waals surface area contributed by atoms with Gasteiger partial charge in [0.15, 0.2) is 11.5 Å². The van der Waals surface area contributed by atoms with Crippen molar-refractivity contribution in [2.75, 3.05) is 30.5 Å². The fourth-order valence-electron chi connectivity index (χ4n) is 5.18. The molecule has 2 aromatic carbocycles. The van der Waals surface area contributed by atoms with Gasteiger partial charge in [-0.3, -0.25) is 13.8 Å². The molecule has 3 aliphatic rings. The topological polar surface area (TPSA) is 62.2 Å². The Balaban J connectivity index is 1.19. The van der Waals surface area contributed by atoms with Gasteiger partial charge in [0.25, 0.3) is 11.3 Å². The van der Waals surface area contributed by atoms with Crippen molar-refractivity contribution in [1.82, 2.24) is 4.90 Å². The van der Waals surface area contributed by atoms with Gasteiger partial charge in [-0.25, -0.2) is 4.21 Å². The molecule has 1 saturated carbocycles. The lowest BCUT2D eigenvalue weighted by Crippen LogP contribution is -2.30. The van der Waals surface area contributed by atoms with Gasteiger partial charge in [-0.1, -0.05) is 18.2 Å². The van der Waals surface area contributed by atoms with Crippen LogP contribution in [-0.4, -0.2) is 51.5 Å². The number of hydrogen-bond acceptors (Lipinski definition) is 4. The predicted octanol–water partition coefficient (Wildman–Crippen LogP) is 6.08. The minimum Gasteiger partial charge on any atom is -0.490 e. The highest BCUT2D eigenvalue weighted by Crippen LogP contribution is 2.46. The number of halogens is 3. The fourth-order valence-corrected chi connectivity index (χ4v) is 5.93. The van der Waals surface area contributed by atoms with Crippen LogP contribution in [0.4, 0.5) is 18.9 Å². The van der Waals surface area contributed by atoms with Crippen molar-refractivity contribution in [1.29, 1.82) is 0 Å². The lowest BCUT2D eigenvalue weighted by atomic mass is 9.97. The van der Waals surface area contributed by atoms with Gasteiger partial charge in [-0.05, 0) is 68.9 Å². The lowest BCUT2D eigenvalue weighted by molar-refractivity contribution is -0.137. The summed E-state index contributed by atoms with van der Waals surface area (Å²) in [5.41, 5.74) is 2.22. The van der Waals surface area contributed by atoms with E-state index in [4.69, 9.17) is 9.47 Å². The summed E-state index contributed by atoms with van der Waals surface area (Å²) >= 11 is -2.11. The van der Waals surface area contributed by atoms with Crippen LogP contribution in [0, 0.1) is 0 Å². The first kappa shape index (κ1) is 27.0. The maximum Gasteiger partial charge on any atom is 0.416 e. The molecule has 2 aromatic rings. The van der Waals surface area contributed by atoms with Crippen LogP contribution in [0.3, 0.4) is 0 Å². The first-order valence-electron chi connectivity index (χ1n) is 13.0. The van der Waals surface area contributed by atoms with Crippen LogP contribution in [0.2, 0.25) is 0 Å². The summed E-state index contributed by atoms with van der Waals surface area (Å²) in [6.45, 7) is 6.70. The number of nitrogens with zero attached hydrogens (tertiary/aromatic N) is 2. The van der Waals surface area contributed by atoms with Gasteiger partial charge in [0.1, 0.15) is 5.60 Å². The zero-order valence-corrected chi connectivity index (χ0v) is 22.4. The van der Waals surface area contributed by atoms with E-state index in [1.165, 1.54) is 12.1 Å². The zero-order chi connectivity index (χ0) is 27.1. The molecule has 5 rings (SSSR count). The summed E-state index contributed by atoms with van der Waals surface area (Å²) in [4.78, 5) is 2.25. The Kier molecular flexibility index (Phi) is 7.50. The van der Waals surface area contributed by atoms with Gasteiger partial charge in [0, 0.05) is 43.7 Å². The average Bonchev–Trinajstić information content (AvgIpc) is 3.62. The van der Waals surface area contributed by atoms with Crippen molar-refractivity contribution >= 4 is 22.5 Å². The number of ether oxygens (including phenoxy) is 2. The van der Waals surface area contributed by atoms with Crippen LogP contribution in [0.1, 0.15) is 56.2 Å². The summed E-state index contributed by atoms with van der Waals surface area (Å²) in [5, 5.41) is 0. The van der Waals surface area contributed by atoms with Gasteiger partial charge in [-0.2, -0.15) is 13.2 Å². The second-order valence-corrected chi connectivity index (χ2v) is 11.7. The van der Waals surface area contributed by atoms with E-state index >= 15 is 0 Å². The molecule has 10 heteroatoms. The first-order valence-corrected chi connectivity index (χ1v) is 14.0. The SMILES string of the molecule is CC1(C)Cc2cc(N(C3CC3)S(=O)O)cc(OCCCN3CC=C(c4cccc(C(F)(F)F)c4)CC3)c2O1. The second-order valence-electron chi connectivity index (χ2n) is 10.8. The summed E-state index contributed by atoms with van der Waals surface area (Å²) in [6, 6.07) is 9.32. The third kappa shape index (κ3) is 6.18. The largest absolute Gasteiger partial charge is 0.490 e. The molecule has 1 atom stereocenters. The number of hydrogen-bond donors (Lipinski definition) is 1. The highest BCUT2D eigenvalue weighted by molar-refractivity contribution is 7.80. The average molecular weight is 551 g/mol. The fraction of sp³-hybridized carbons (Fsp3) is 0.500. The molecule has 0 bridgehead atoms. The second kappa shape index (κ2) is 10.5. The maximum absolute atomic E-state index is 13.1. The van der Waals surface area contributed by atoms with Crippen LogP contribution in [0.15, 0.2) is 42.5 Å². The molecule has 2 aliphatic heterocycles. The molecule has 0 radical (unpaired) electrons. The molecule has 0 saturated heterocycles. The number of rotatable bonds is 9. The van der Waals surface area contributed by atoms with Crippen LogP contribution in [-0.2, 0) is 23.9 Å². The molecule has 1 unspecified atom stereocenters. The molecule has 2 heterocycles. The van der Waals surface area contributed by atoms with Crippen molar-refractivity contribution in [3.05, 3.63) is 59.2 Å². The number of alkyl halides is 3. The molecule has 38 heavy (non-hydrogen) atoms. The Morgan fingerprint density at radius 1 is 1.24 bits per heavy atom. The van der Waals surface area contributed by atoms with Crippen molar-refractivity contribution in [3.8, 4) is 11.5 Å². The van der Waals surface area contributed by atoms with Gasteiger partial charge < -0.3 is 9.47 Å². The summed E-state index contributed by atoms with van der Waals surface area (Å²) in [7, 11) is 0. The lowest BCUT2D eigenvalue weighted by Gasteiger charge is -2.27. The third-order valence-electron chi connectivity index (χ3n) is 7.14. The molecular formula is C28H33F3N2O4S. The number of benzene rings is 2. The molecule has 0 aromatic heterocycles. The summed E-state index contributed by atoms with van der Waals surface area (Å²) in [6.07, 6.45) is 1.58. The molecule has 206 valence electrons. The Labute approximate surface area is 223 Å². The summed E-state index contributed by atoms with van der Waals surface area (Å²) in [5.74, 6) is 1.29. The molecule has 1 aliphatic carbocycles. The van der Waals surface area contributed by atoms with Crippen molar-refractivity contribution in [2.24, 2.45) is 0 Å². The van der Waals surface area contributed by atoms with E-state index in [-0.39, 0.29) is 11.6 Å². The van der Waals surface area contributed by atoms with E-state index in [0.717, 1.165) is 49.6 Å². The van der Waals surface area contributed by atoms with E-state index in [2.05, 4.69) is 4.90 Å². The van der Waals surface area contributed by atoms with E-state index < -0.39 is 23.0 Å². The monoisotopic (exact) mass is 550 g/mol. The van der Waals surface area contributed by atoms with Crippen LogP contribution in [0.25, 0.3) is 5.57 Å². The third-order valence-corrected chi connectivity index (χ3v) is 7.99. The Morgan fingerprint density at radius 2 is 2.03 bits per heavy atom. The quantitative estimate of drug-likeness (QED) is 0.303. The van der Waals surface area contributed by atoms with Gasteiger partial charge >= 0.3 is 6.18 Å². The van der Waals surface area contributed by atoms with Crippen molar-refractivity contribution < 1.29 is 31.4 Å². The minimum absolute atomic E-state index is 0.0649.